The number of aryl methyl sites for hydroxylation is 2. The van der Waals surface area contributed by atoms with Crippen molar-refractivity contribution < 1.29 is 4.74 Å². The maximum absolute atomic E-state index is 5.25. The lowest BCUT2D eigenvalue weighted by Crippen LogP contribution is -2.44. The maximum Gasteiger partial charge on any atom is 0.0611 e. The first-order chi connectivity index (χ1) is 6.70. The average molecular weight is 194 g/mol. The zero-order valence-corrected chi connectivity index (χ0v) is 9.08. The van der Waals surface area contributed by atoms with E-state index in [1.807, 2.05) is 0 Å². The molecule has 0 amide bonds. The Labute approximate surface area is 85.0 Å². The van der Waals surface area contributed by atoms with Gasteiger partial charge in [-0.15, -0.1) is 0 Å². The summed E-state index contributed by atoms with van der Waals surface area (Å²) in [6.45, 7) is 4.24. The van der Waals surface area contributed by atoms with Crippen molar-refractivity contribution in [1.29, 1.82) is 0 Å². The van der Waals surface area contributed by atoms with Crippen molar-refractivity contribution in [1.82, 2.24) is 4.68 Å². The fraction of sp³-hybridized carbons (Fsp3) is 0.636. The summed E-state index contributed by atoms with van der Waals surface area (Å²) < 4.78 is 7.41. The van der Waals surface area contributed by atoms with Crippen LogP contribution in [0.2, 0.25) is 0 Å². The standard InChI is InChI=1S/C11H18N2O/c1-8-4-5-9(2)13(8)12-10-6-11(7-10)14-3/h4-5,10-12H,6-7H2,1-3H3. The van der Waals surface area contributed by atoms with E-state index in [0.29, 0.717) is 12.1 Å². The normalized spacial score (nSPS) is 25.9. The molecular weight excluding hydrogens is 176 g/mol. The molecule has 0 radical (unpaired) electrons. The first-order valence-corrected chi connectivity index (χ1v) is 5.15. The number of nitrogens with zero attached hydrogens (tertiary/aromatic N) is 1. The van der Waals surface area contributed by atoms with Crippen LogP contribution in [0.15, 0.2) is 12.1 Å². The second-order valence-corrected chi connectivity index (χ2v) is 4.11. The highest BCUT2D eigenvalue weighted by atomic mass is 16.5. The summed E-state index contributed by atoms with van der Waals surface area (Å²) in [6.07, 6.45) is 2.70. The van der Waals surface area contributed by atoms with E-state index in [2.05, 4.69) is 36.1 Å². The minimum Gasteiger partial charge on any atom is -0.381 e. The monoisotopic (exact) mass is 194 g/mol. The summed E-state index contributed by atoms with van der Waals surface area (Å²) in [5.74, 6) is 0. The van der Waals surface area contributed by atoms with Crippen LogP contribution in [0.1, 0.15) is 24.2 Å². The summed E-state index contributed by atoms with van der Waals surface area (Å²) in [5.41, 5.74) is 6.03. The molecule has 1 aliphatic carbocycles. The summed E-state index contributed by atoms with van der Waals surface area (Å²) in [5, 5.41) is 0. The lowest BCUT2D eigenvalue weighted by Gasteiger charge is -2.36. The first kappa shape index (κ1) is 9.59. The van der Waals surface area contributed by atoms with Crippen molar-refractivity contribution in [3.63, 3.8) is 0 Å². The highest BCUT2D eigenvalue weighted by Crippen LogP contribution is 2.24. The lowest BCUT2D eigenvalue weighted by molar-refractivity contribution is 0.0298. The number of nitrogens with one attached hydrogen (secondary N) is 1. The molecule has 0 aromatic carbocycles. The van der Waals surface area contributed by atoms with Gasteiger partial charge in [-0.05, 0) is 38.8 Å². The highest BCUT2D eigenvalue weighted by Gasteiger charge is 2.29. The summed E-state index contributed by atoms with van der Waals surface area (Å²) in [7, 11) is 1.78. The van der Waals surface area contributed by atoms with Gasteiger partial charge in [0.2, 0.25) is 0 Å². The van der Waals surface area contributed by atoms with Gasteiger partial charge in [0.15, 0.2) is 0 Å². The van der Waals surface area contributed by atoms with Gasteiger partial charge in [-0.3, -0.25) is 4.68 Å². The number of ether oxygens (including phenoxy) is 1. The fourth-order valence-electron chi connectivity index (χ4n) is 1.92. The third-order valence-corrected chi connectivity index (χ3v) is 3.01. The fourth-order valence-corrected chi connectivity index (χ4v) is 1.92. The Bertz CT molecular complexity index is 294. The Hall–Kier alpha value is -0.960. The van der Waals surface area contributed by atoms with Crippen LogP contribution in [0, 0.1) is 13.8 Å². The second kappa shape index (κ2) is 3.65. The molecule has 14 heavy (non-hydrogen) atoms. The summed E-state index contributed by atoms with van der Waals surface area (Å²) in [6, 6.07) is 4.84. The molecule has 2 rings (SSSR count). The van der Waals surface area contributed by atoms with Gasteiger partial charge in [-0.25, -0.2) is 0 Å². The van der Waals surface area contributed by atoms with Crippen molar-refractivity contribution >= 4 is 0 Å². The van der Waals surface area contributed by atoms with E-state index in [4.69, 9.17) is 4.74 Å². The van der Waals surface area contributed by atoms with Crippen LogP contribution in [-0.4, -0.2) is 23.9 Å². The molecular formula is C11H18N2O. The van der Waals surface area contributed by atoms with Crippen LogP contribution in [0.25, 0.3) is 0 Å². The molecule has 0 spiro atoms. The van der Waals surface area contributed by atoms with E-state index in [0.717, 1.165) is 12.8 Å². The number of hydrogen-bond acceptors (Lipinski definition) is 2. The molecule has 1 heterocycles. The van der Waals surface area contributed by atoms with E-state index < -0.39 is 0 Å². The molecule has 3 nitrogen and oxygen atoms in total. The van der Waals surface area contributed by atoms with E-state index >= 15 is 0 Å². The van der Waals surface area contributed by atoms with Gasteiger partial charge in [0.25, 0.3) is 0 Å². The Kier molecular flexibility index (Phi) is 2.50. The third kappa shape index (κ3) is 1.64. The Morgan fingerprint density at radius 2 is 1.86 bits per heavy atom. The molecule has 0 bridgehead atoms. The van der Waals surface area contributed by atoms with E-state index in [1.165, 1.54) is 11.4 Å². The van der Waals surface area contributed by atoms with E-state index in [1.54, 1.807) is 7.11 Å². The molecule has 1 fully saturated rings. The van der Waals surface area contributed by atoms with Gasteiger partial charge in [-0.2, -0.15) is 0 Å². The molecule has 1 N–H and O–H groups in total. The average Bonchev–Trinajstić information content (AvgIpc) is 2.40. The zero-order chi connectivity index (χ0) is 10.1. The molecule has 3 heteroatoms. The van der Waals surface area contributed by atoms with Crippen LogP contribution >= 0.6 is 0 Å². The van der Waals surface area contributed by atoms with Crippen molar-refractivity contribution in [2.24, 2.45) is 0 Å². The van der Waals surface area contributed by atoms with Gasteiger partial charge in [0, 0.05) is 24.5 Å². The molecule has 1 aromatic heterocycles. The molecule has 1 saturated carbocycles. The molecule has 0 saturated heterocycles. The topological polar surface area (TPSA) is 26.2 Å². The predicted molar refractivity (Wildman–Crippen MR) is 57.1 cm³/mol. The molecule has 78 valence electrons. The number of aromatic nitrogens is 1. The number of hydrogen-bond donors (Lipinski definition) is 1. The predicted octanol–water partition coefficient (Wildman–Crippen LogP) is 1.83. The Balaban J connectivity index is 1.93. The second-order valence-electron chi connectivity index (χ2n) is 4.11. The number of methoxy groups -OCH3 is 1. The van der Waals surface area contributed by atoms with Gasteiger partial charge in [-0.1, -0.05) is 0 Å². The van der Waals surface area contributed by atoms with E-state index in [-0.39, 0.29) is 0 Å². The van der Waals surface area contributed by atoms with Gasteiger partial charge in [0.05, 0.1) is 6.10 Å². The summed E-state index contributed by atoms with van der Waals surface area (Å²) >= 11 is 0. The Morgan fingerprint density at radius 3 is 2.36 bits per heavy atom. The minimum absolute atomic E-state index is 0.462. The van der Waals surface area contributed by atoms with Crippen LogP contribution in [-0.2, 0) is 4.74 Å². The van der Waals surface area contributed by atoms with Crippen molar-refractivity contribution in [3.05, 3.63) is 23.5 Å². The largest absolute Gasteiger partial charge is 0.381 e. The van der Waals surface area contributed by atoms with Crippen molar-refractivity contribution in [2.75, 3.05) is 12.5 Å². The van der Waals surface area contributed by atoms with Crippen molar-refractivity contribution in [3.8, 4) is 0 Å². The smallest absolute Gasteiger partial charge is 0.0611 e. The van der Waals surface area contributed by atoms with Gasteiger partial charge < -0.3 is 10.2 Å². The zero-order valence-electron chi connectivity index (χ0n) is 9.08. The van der Waals surface area contributed by atoms with Crippen LogP contribution in [0.4, 0.5) is 0 Å². The molecule has 1 aliphatic rings. The SMILES string of the molecule is COC1CC(Nn2c(C)ccc2C)C1. The van der Waals surface area contributed by atoms with Gasteiger partial charge in [0.1, 0.15) is 0 Å². The van der Waals surface area contributed by atoms with Crippen LogP contribution in [0.5, 0.6) is 0 Å². The first-order valence-electron chi connectivity index (χ1n) is 5.15. The number of rotatable bonds is 3. The third-order valence-electron chi connectivity index (χ3n) is 3.01. The maximum atomic E-state index is 5.25. The molecule has 0 atom stereocenters. The molecule has 0 unspecified atom stereocenters. The minimum atomic E-state index is 0.462. The van der Waals surface area contributed by atoms with Crippen molar-refractivity contribution in [2.45, 2.75) is 38.8 Å². The lowest BCUT2D eigenvalue weighted by atomic mass is 9.90. The van der Waals surface area contributed by atoms with Gasteiger partial charge >= 0.3 is 0 Å². The molecule has 0 aliphatic heterocycles. The van der Waals surface area contributed by atoms with E-state index in [9.17, 15) is 0 Å². The van der Waals surface area contributed by atoms with Crippen LogP contribution < -0.4 is 5.43 Å². The quantitative estimate of drug-likeness (QED) is 0.794. The Morgan fingerprint density at radius 1 is 1.29 bits per heavy atom. The molecule has 1 aromatic rings. The summed E-state index contributed by atoms with van der Waals surface area (Å²) in [4.78, 5) is 0. The van der Waals surface area contributed by atoms with Crippen LogP contribution in [0.3, 0.4) is 0 Å². The highest BCUT2D eigenvalue weighted by molar-refractivity contribution is 5.16.